The second-order valence-electron chi connectivity index (χ2n) is 10.0. The zero-order valence-electron chi connectivity index (χ0n) is 20.8. The molecule has 0 atom stereocenters. The summed E-state index contributed by atoms with van der Waals surface area (Å²) in [6.45, 7) is 0. The van der Waals surface area contributed by atoms with E-state index in [9.17, 15) is 0 Å². The SMILES string of the molecule is c1ccc2c(c1)Oc1ccc(-c3ccc(-c4cccc5oc6ccc7ccccc7c6c45)o3)c3cccc-2c13. The van der Waals surface area contributed by atoms with Gasteiger partial charge in [-0.2, -0.15) is 0 Å². The lowest BCUT2D eigenvalue weighted by Crippen LogP contribution is -1.97. The first kappa shape index (κ1) is 20.7. The maximum Gasteiger partial charge on any atom is 0.136 e. The Kier molecular flexibility index (Phi) is 4.05. The van der Waals surface area contributed by atoms with E-state index in [1.807, 2.05) is 24.3 Å². The highest BCUT2D eigenvalue weighted by Gasteiger charge is 2.23. The van der Waals surface area contributed by atoms with E-state index in [0.29, 0.717) is 0 Å². The Morgan fingerprint density at radius 3 is 2.08 bits per heavy atom. The third kappa shape index (κ3) is 2.87. The second-order valence-corrected chi connectivity index (χ2v) is 10.0. The number of furan rings is 2. The van der Waals surface area contributed by atoms with Gasteiger partial charge in [0.1, 0.15) is 34.2 Å². The molecule has 0 fully saturated rings. The van der Waals surface area contributed by atoms with E-state index in [4.69, 9.17) is 13.6 Å². The monoisotopic (exact) mass is 500 g/mol. The molecule has 39 heavy (non-hydrogen) atoms. The molecule has 2 aromatic heterocycles. The summed E-state index contributed by atoms with van der Waals surface area (Å²) in [5.41, 5.74) is 6.09. The highest BCUT2D eigenvalue weighted by Crippen LogP contribution is 2.49. The van der Waals surface area contributed by atoms with Gasteiger partial charge in [-0.3, -0.25) is 0 Å². The minimum Gasteiger partial charge on any atom is -0.456 e. The number of benzene rings is 6. The third-order valence-electron chi connectivity index (χ3n) is 7.92. The summed E-state index contributed by atoms with van der Waals surface area (Å²) in [7, 11) is 0. The number of ether oxygens (including phenoxy) is 1. The van der Waals surface area contributed by atoms with E-state index >= 15 is 0 Å². The zero-order valence-corrected chi connectivity index (χ0v) is 20.8. The number of hydrogen-bond donors (Lipinski definition) is 0. The molecule has 3 heteroatoms. The lowest BCUT2D eigenvalue weighted by atomic mass is 9.92. The standard InChI is InChI=1S/C36H20O3/c1-2-8-22-21(7-1)15-17-33-35(22)36-27(12-6-14-31(36)39-33)30-20-19-29(37-30)24-16-18-32-34-25(10-5-11-26(24)34)23-9-3-4-13-28(23)38-32/h1-20H. The summed E-state index contributed by atoms with van der Waals surface area (Å²) in [6.07, 6.45) is 0. The summed E-state index contributed by atoms with van der Waals surface area (Å²) in [6, 6.07) is 41.7. The lowest BCUT2D eigenvalue weighted by Gasteiger charge is -2.22. The van der Waals surface area contributed by atoms with E-state index in [1.165, 1.54) is 16.3 Å². The van der Waals surface area contributed by atoms with Crippen LogP contribution in [0.4, 0.5) is 0 Å². The van der Waals surface area contributed by atoms with Crippen LogP contribution in [0.15, 0.2) is 130 Å². The van der Waals surface area contributed by atoms with Crippen molar-refractivity contribution in [2.24, 2.45) is 0 Å². The molecule has 182 valence electrons. The van der Waals surface area contributed by atoms with Crippen molar-refractivity contribution in [2.45, 2.75) is 0 Å². The molecule has 3 heterocycles. The minimum absolute atomic E-state index is 0.813. The maximum absolute atomic E-state index is 6.62. The zero-order chi connectivity index (χ0) is 25.5. The van der Waals surface area contributed by atoms with E-state index in [-0.39, 0.29) is 0 Å². The topological polar surface area (TPSA) is 35.5 Å². The van der Waals surface area contributed by atoms with Crippen LogP contribution in [0.25, 0.3) is 77.3 Å². The van der Waals surface area contributed by atoms with Crippen LogP contribution in [0, 0.1) is 0 Å². The van der Waals surface area contributed by atoms with E-state index in [1.54, 1.807) is 0 Å². The molecule has 3 nitrogen and oxygen atoms in total. The van der Waals surface area contributed by atoms with E-state index in [2.05, 4.69) is 97.1 Å². The Bertz CT molecular complexity index is 2260. The fraction of sp³-hybridized carbons (Fsp3) is 0. The predicted octanol–water partition coefficient (Wildman–Crippen LogP) is 10.6. The van der Waals surface area contributed by atoms with Crippen LogP contribution in [0.2, 0.25) is 0 Å². The smallest absolute Gasteiger partial charge is 0.136 e. The fourth-order valence-corrected chi connectivity index (χ4v) is 6.22. The quantitative estimate of drug-likeness (QED) is 0.237. The molecular formula is C36H20O3. The van der Waals surface area contributed by atoms with Crippen LogP contribution < -0.4 is 4.74 Å². The van der Waals surface area contributed by atoms with Gasteiger partial charge in [-0.05, 0) is 64.2 Å². The van der Waals surface area contributed by atoms with Crippen LogP contribution in [-0.4, -0.2) is 0 Å². The number of para-hydroxylation sites is 1. The second kappa shape index (κ2) is 7.62. The van der Waals surface area contributed by atoms with Gasteiger partial charge in [-0.1, -0.05) is 78.9 Å². The molecule has 0 bridgehead atoms. The molecule has 8 aromatic rings. The predicted molar refractivity (Wildman–Crippen MR) is 157 cm³/mol. The maximum atomic E-state index is 6.62. The largest absolute Gasteiger partial charge is 0.456 e. The molecule has 1 aliphatic rings. The van der Waals surface area contributed by atoms with Gasteiger partial charge >= 0.3 is 0 Å². The fourth-order valence-electron chi connectivity index (χ4n) is 6.22. The van der Waals surface area contributed by atoms with Crippen LogP contribution >= 0.6 is 0 Å². The summed E-state index contributed by atoms with van der Waals surface area (Å²) >= 11 is 0. The number of hydrogen-bond acceptors (Lipinski definition) is 3. The average Bonchev–Trinajstić information content (AvgIpc) is 3.63. The third-order valence-corrected chi connectivity index (χ3v) is 7.92. The van der Waals surface area contributed by atoms with Crippen molar-refractivity contribution in [3.63, 3.8) is 0 Å². The van der Waals surface area contributed by atoms with Gasteiger partial charge in [0.05, 0.1) is 0 Å². The minimum atomic E-state index is 0.813. The van der Waals surface area contributed by atoms with Crippen molar-refractivity contribution in [3.8, 4) is 45.3 Å². The van der Waals surface area contributed by atoms with Crippen molar-refractivity contribution in [1.29, 1.82) is 0 Å². The summed E-state index contributed by atoms with van der Waals surface area (Å²) in [4.78, 5) is 0. The van der Waals surface area contributed by atoms with Crippen molar-refractivity contribution >= 4 is 43.5 Å². The van der Waals surface area contributed by atoms with Gasteiger partial charge in [0.15, 0.2) is 0 Å². The van der Waals surface area contributed by atoms with Gasteiger partial charge in [0, 0.05) is 32.8 Å². The molecule has 0 spiro atoms. The van der Waals surface area contributed by atoms with Crippen LogP contribution in [0.3, 0.4) is 0 Å². The van der Waals surface area contributed by atoms with Crippen molar-refractivity contribution in [1.82, 2.24) is 0 Å². The van der Waals surface area contributed by atoms with Gasteiger partial charge in [-0.25, -0.2) is 0 Å². The molecule has 1 aliphatic heterocycles. The van der Waals surface area contributed by atoms with E-state index < -0.39 is 0 Å². The molecular weight excluding hydrogens is 480 g/mol. The Morgan fingerprint density at radius 2 is 1.10 bits per heavy atom. The normalized spacial score (nSPS) is 12.3. The number of fused-ring (bicyclic) bond motifs is 7. The molecule has 0 saturated carbocycles. The first-order valence-corrected chi connectivity index (χ1v) is 13.1. The molecule has 0 amide bonds. The van der Waals surface area contributed by atoms with Crippen molar-refractivity contribution < 1.29 is 13.6 Å². The Hall–Kier alpha value is -5.28. The first-order valence-electron chi connectivity index (χ1n) is 13.1. The Labute approximate surface area is 223 Å². The van der Waals surface area contributed by atoms with Crippen molar-refractivity contribution in [3.05, 3.63) is 121 Å². The molecule has 9 rings (SSSR count). The molecule has 0 radical (unpaired) electrons. The van der Waals surface area contributed by atoms with Crippen molar-refractivity contribution in [2.75, 3.05) is 0 Å². The first-order chi connectivity index (χ1) is 19.3. The number of rotatable bonds is 2. The van der Waals surface area contributed by atoms with Gasteiger partial charge in [-0.15, -0.1) is 0 Å². The highest BCUT2D eigenvalue weighted by molar-refractivity contribution is 6.22. The average molecular weight is 501 g/mol. The van der Waals surface area contributed by atoms with E-state index in [0.717, 1.165) is 72.4 Å². The lowest BCUT2D eigenvalue weighted by molar-refractivity contribution is 0.487. The van der Waals surface area contributed by atoms with Gasteiger partial charge in [0.25, 0.3) is 0 Å². The summed E-state index contributed by atoms with van der Waals surface area (Å²) in [5.74, 6) is 3.39. The molecule has 0 saturated heterocycles. The molecule has 6 aromatic carbocycles. The van der Waals surface area contributed by atoms with Gasteiger partial charge < -0.3 is 13.6 Å². The summed E-state index contributed by atoms with van der Waals surface area (Å²) < 4.78 is 19.2. The molecule has 0 aliphatic carbocycles. The molecule has 0 unspecified atom stereocenters. The highest BCUT2D eigenvalue weighted by atomic mass is 16.5. The Morgan fingerprint density at radius 1 is 0.359 bits per heavy atom. The van der Waals surface area contributed by atoms with Gasteiger partial charge in [0.2, 0.25) is 0 Å². The Balaban J connectivity index is 1.26. The van der Waals surface area contributed by atoms with Crippen LogP contribution in [-0.2, 0) is 0 Å². The van der Waals surface area contributed by atoms with Crippen LogP contribution in [0.1, 0.15) is 0 Å². The summed E-state index contributed by atoms with van der Waals surface area (Å²) in [5, 5.41) is 6.78. The van der Waals surface area contributed by atoms with Crippen LogP contribution in [0.5, 0.6) is 11.5 Å². The molecule has 0 N–H and O–H groups in total.